The molecule has 3 heterocycles. The Hall–Kier alpha value is -3.73. The second kappa shape index (κ2) is 12.3. The van der Waals surface area contributed by atoms with Crippen LogP contribution < -0.4 is 9.64 Å². The summed E-state index contributed by atoms with van der Waals surface area (Å²) >= 11 is 1.44. The topological polar surface area (TPSA) is 95.1 Å². The fraction of sp³-hybridized carbons (Fsp3) is 0.308. The van der Waals surface area contributed by atoms with Crippen molar-refractivity contribution in [2.75, 3.05) is 37.8 Å². The van der Waals surface area contributed by atoms with E-state index in [4.69, 9.17) is 14.5 Å². The van der Waals surface area contributed by atoms with Crippen molar-refractivity contribution in [3.8, 4) is 29.0 Å². The first kappa shape index (κ1) is 25.4. The van der Waals surface area contributed by atoms with Crippen molar-refractivity contribution < 1.29 is 18.3 Å². The first-order valence-corrected chi connectivity index (χ1v) is 12.3. The standard InChI is InChI=1S/C26H23F2N5O2S/c27-23(28)16-34-11-12-35-20-6-4-19(5-7-20)24-21(13-29)25(33-9-2-10-33)32-26(22(24)14-30)36-17-18-3-1-8-31-15-18/h1,3-8,15,23H,2,9-12,16-17H2. The summed E-state index contributed by atoms with van der Waals surface area (Å²) in [7, 11) is 0. The van der Waals surface area contributed by atoms with Crippen LogP contribution in [-0.4, -0.2) is 49.3 Å². The molecule has 0 saturated carbocycles. The highest BCUT2D eigenvalue weighted by Crippen LogP contribution is 2.39. The first-order chi connectivity index (χ1) is 17.6. The number of rotatable bonds is 11. The average molecular weight is 508 g/mol. The van der Waals surface area contributed by atoms with Gasteiger partial charge < -0.3 is 14.4 Å². The van der Waals surface area contributed by atoms with E-state index in [1.165, 1.54) is 11.8 Å². The highest BCUT2D eigenvalue weighted by Gasteiger charge is 2.27. The molecule has 0 aliphatic carbocycles. The van der Waals surface area contributed by atoms with Gasteiger partial charge in [-0.3, -0.25) is 4.98 Å². The Labute approximate surface area is 212 Å². The summed E-state index contributed by atoms with van der Waals surface area (Å²) in [6.45, 7) is 1.16. The number of aromatic nitrogens is 2. The summed E-state index contributed by atoms with van der Waals surface area (Å²) in [6.07, 6.45) is 1.99. The molecule has 1 aliphatic rings. The Morgan fingerprint density at radius 1 is 1.06 bits per heavy atom. The number of ether oxygens (including phenoxy) is 2. The van der Waals surface area contributed by atoms with Crippen molar-refractivity contribution in [1.29, 1.82) is 10.5 Å². The van der Waals surface area contributed by atoms with E-state index in [0.29, 0.717) is 44.6 Å². The van der Waals surface area contributed by atoms with Crippen LogP contribution in [0, 0.1) is 22.7 Å². The van der Waals surface area contributed by atoms with Crippen molar-refractivity contribution >= 4 is 17.6 Å². The Kier molecular flexibility index (Phi) is 8.66. The zero-order valence-corrected chi connectivity index (χ0v) is 20.2. The van der Waals surface area contributed by atoms with Gasteiger partial charge >= 0.3 is 0 Å². The first-order valence-electron chi connectivity index (χ1n) is 11.3. The molecule has 0 amide bonds. The normalized spacial score (nSPS) is 12.6. The van der Waals surface area contributed by atoms with Gasteiger partial charge in [0.1, 0.15) is 47.5 Å². The van der Waals surface area contributed by atoms with Crippen LogP contribution >= 0.6 is 11.8 Å². The second-order valence-corrected chi connectivity index (χ2v) is 8.88. The molecule has 0 spiro atoms. The summed E-state index contributed by atoms with van der Waals surface area (Å²) in [5, 5.41) is 20.7. The molecule has 7 nitrogen and oxygen atoms in total. The number of hydrogen-bond acceptors (Lipinski definition) is 8. The molecule has 1 fully saturated rings. The van der Waals surface area contributed by atoms with Crippen LogP contribution in [0.15, 0.2) is 53.8 Å². The number of nitriles is 2. The quantitative estimate of drug-likeness (QED) is 0.263. The third-order valence-electron chi connectivity index (χ3n) is 5.51. The maximum atomic E-state index is 12.2. The van der Waals surface area contributed by atoms with E-state index < -0.39 is 13.0 Å². The third kappa shape index (κ3) is 6.09. The smallest absolute Gasteiger partial charge is 0.261 e. The fourth-order valence-corrected chi connectivity index (χ4v) is 4.57. The number of thioether (sulfide) groups is 1. The Bertz CT molecular complexity index is 1260. The van der Waals surface area contributed by atoms with Crippen molar-refractivity contribution in [1.82, 2.24) is 9.97 Å². The zero-order chi connectivity index (χ0) is 25.3. The molecule has 1 aliphatic heterocycles. The zero-order valence-electron chi connectivity index (χ0n) is 19.4. The van der Waals surface area contributed by atoms with Gasteiger partial charge in [-0.25, -0.2) is 13.8 Å². The lowest BCUT2D eigenvalue weighted by atomic mass is 9.96. The number of pyridine rings is 2. The highest BCUT2D eigenvalue weighted by atomic mass is 32.2. The Morgan fingerprint density at radius 3 is 2.44 bits per heavy atom. The number of hydrogen-bond donors (Lipinski definition) is 0. The van der Waals surface area contributed by atoms with E-state index in [0.717, 1.165) is 25.1 Å². The molecule has 1 saturated heterocycles. The minimum absolute atomic E-state index is 0.0460. The average Bonchev–Trinajstić information content (AvgIpc) is 2.86. The van der Waals surface area contributed by atoms with Crippen LogP contribution in [0.5, 0.6) is 5.75 Å². The van der Waals surface area contributed by atoms with Gasteiger partial charge in [0.05, 0.1) is 12.2 Å². The number of benzene rings is 1. The Morgan fingerprint density at radius 2 is 1.83 bits per heavy atom. The molecule has 184 valence electrons. The number of halogens is 2. The molecule has 0 unspecified atom stereocenters. The van der Waals surface area contributed by atoms with Crippen molar-refractivity contribution in [3.05, 3.63) is 65.5 Å². The van der Waals surface area contributed by atoms with E-state index >= 15 is 0 Å². The molecule has 2 aromatic heterocycles. The van der Waals surface area contributed by atoms with Gasteiger partial charge in [-0.2, -0.15) is 10.5 Å². The molecule has 0 bridgehead atoms. The van der Waals surface area contributed by atoms with Gasteiger partial charge in [-0.1, -0.05) is 18.2 Å². The van der Waals surface area contributed by atoms with Crippen LogP contribution in [0.3, 0.4) is 0 Å². The molecule has 36 heavy (non-hydrogen) atoms. The highest BCUT2D eigenvalue weighted by molar-refractivity contribution is 7.98. The monoisotopic (exact) mass is 507 g/mol. The minimum Gasteiger partial charge on any atom is -0.491 e. The minimum atomic E-state index is -2.51. The van der Waals surface area contributed by atoms with Crippen LogP contribution in [-0.2, 0) is 10.5 Å². The number of alkyl halides is 2. The number of nitrogens with zero attached hydrogens (tertiary/aromatic N) is 5. The third-order valence-corrected chi connectivity index (χ3v) is 6.55. The molecule has 10 heteroatoms. The molecular formula is C26H23F2N5O2S. The molecule has 1 aromatic carbocycles. The molecule has 0 radical (unpaired) electrons. The van der Waals surface area contributed by atoms with Crippen LogP contribution in [0.1, 0.15) is 23.1 Å². The van der Waals surface area contributed by atoms with Crippen molar-refractivity contribution in [2.45, 2.75) is 23.6 Å². The predicted molar refractivity (Wildman–Crippen MR) is 132 cm³/mol. The van der Waals surface area contributed by atoms with Crippen molar-refractivity contribution in [3.63, 3.8) is 0 Å². The predicted octanol–water partition coefficient (Wildman–Crippen LogP) is 5.05. The summed E-state index contributed by atoms with van der Waals surface area (Å²) in [4.78, 5) is 11.0. The van der Waals surface area contributed by atoms with Gasteiger partial charge in [0.25, 0.3) is 6.43 Å². The summed E-state index contributed by atoms with van der Waals surface area (Å²) in [6, 6.07) is 15.4. The maximum Gasteiger partial charge on any atom is 0.261 e. The van der Waals surface area contributed by atoms with Crippen LogP contribution in [0.25, 0.3) is 11.1 Å². The molecule has 0 atom stereocenters. The van der Waals surface area contributed by atoms with E-state index in [1.807, 2.05) is 17.0 Å². The molecule has 3 aromatic rings. The lowest BCUT2D eigenvalue weighted by Gasteiger charge is -2.33. The summed E-state index contributed by atoms with van der Waals surface area (Å²) in [5.41, 5.74) is 2.95. The van der Waals surface area contributed by atoms with E-state index in [1.54, 1.807) is 36.7 Å². The van der Waals surface area contributed by atoms with Crippen molar-refractivity contribution in [2.24, 2.45) is 0 Å². The van der Waals surface area contributed by atoms with Crippen LogP contribution in [0.4, 0.5) is 14.6 Å². The molecule has 4 rings (SSSR count). The van der Waals surface area contributed by atoms with Gasteiger partial charge in [-0.05, 0) is 35.7 Å². The molecule has 0 N–H and O–H groups in total. The van der Waals surface area contributed by atoms with Gasteiger partial charge in [0.2, 0.25) is 0 Å². The van der Waals surface area contributed by atoms with Gasteiger partial charge in [-0.15, -0.1) is 11.8 Å². The van der Waals surface area contributed by atoms with E-state index in [-0.39, 0.29) is 13.2 Å². The Balaban J connectivity index is 1.63. The lowest BCUT2D eigenvalue weighted by Crippen LogP contribution is -2.38. The largest absolute Gasteiger partial charge is 0.491 e. The van der Waals surface area contributed by atoms with E-state index in [2.05, 4.69) is 17.1 Å². The van der Waals surface area contributed by atoms with Gasteiger partial charge in [0.15, 0.2) is 0 Å². The number of anilines is 1. The fourth-order valence-electron chi connectivity index (χ4n) is 3.66. The SMILES string of the molecule is N#Cc1c(SCc2cccnc2)nc(N2CCC2)c(C#N)c1-c1ccc(OCCOCC(F)F)cc1. The molecular weight excluding hydrogens is 484 g/mol. The second-order valence-electron chi connectivity index (χ2n) is 7.92. The lowest BCUT2D eigenvalue weighted by molar-refractivity contribution is 0.00763. The van der Waals surface area contributed by atoms with E-state index in [9.17, 15) is 19.3 Å². The summed E-state index contributed by atoms with van der Waals surface area (Å²) < 4.78 is 34.7. The van der Waals surface area contributed by atoms with Gasteiger partial charge in [0, 0.05) is 36.8 Å². The van der Waals surface area contributed by atoms with Crippen LogP contribution in [0.2, 0.25) is 0 Å². The maximum absolute atomic E-state index is 12.2. The summed E-state index contributed by atoms with van der Waals surface area (Å²) in [5.74, 6) is 1.70.